The van der Waals surface area contributed by atoms with Crippen LogP contribution in [0, 0.1) is 11.8 Å². The van der Waals surface area contributed by atoms with Crippen molar-refractivity contribution in [2.75, 3.05) is 13.7 Å². The van der Waals surface area contributed by atoms with E-state index in [2.05, 4.69) is 10.6 Å². The van der Waals surface area contributed by atoms with Crippen molar-refractivity contribution in [3.05, 3.63) is 82.9 Å². The van der Waals surface area contributed by atoms with Crippen LogP contribution >= 0.6 is 11.6 Å². The van der Waals surface area contributed by atoms with Crippen LogP contribution in [-0.4, -0.2) is 55.7 Å². The molecule has 2 aromatic rings. The van der Waals surface area contributed by atoms with E-state index in [1.807, 2.05) is 63.3 Å². The highest BCUT2D eigenvalue weighted by Gasteiger charge is 2.30. The highest BCUT2D eigenvalue weighted by atomic mass is 35.5. The van der Waals surface area contributed by atoms with Crippen LogP contribution in [0.2, 0.25) is 5.02 Å². The molecule has 3 rings (SSSR count). The van der Waals surface area contributed by atoms with Gasteiger partial charge in [-0.1, -0.05) is 87.0 Å². The van der Waals surface area contributed by atoms with Crippen LogP contribution in [0.4, 0.5) is 0 Å². The molecule has 44 heavy (non-hydrogen) atoms. The number of esters is 2. The monoisotopic (exact) mass is 624 g/mol. The Morgan fingerprint density at radius 1 is 1.05 bits per heavy atom. The molecular weight excluding hydrogens is 584 g/mol. The maximum absolute atomic E-state index is 13.3. The van der Waals surface area contributed by atoms with Gasteiger partial charge in [0.1, 0.15) is 17.9 Å². The molecule has 2 amide bonds. The Bertz CT molecular complexity index is 1340. The van der Waals surface area contributed by atoms with Crippen molar-refractivity contribution in [1.82, 2.24) is 10.6 Å². The van der Waals surface area contributed by atoms with Gasteiger partial charge in [-0.3, -0.25) is 14.4 Å². The molecule has 1 heterocycles. The average Bonchev–Trinajstić information content (AvgIpc) is 2.98. The fourth-order valence-electron chi connectivity index (χ4n) is 4.61. The second-order valence-corrected chi connectivity index (χ2v) is 11.5. The Morgan fingerprint density at radius 2 is 1.80 bits per heavy atom. The summed E-state index contributed by atoms with van der Waals surface area (Å²) in [5, 5.41) is 5.79. The van der Waals surface area contributed by atoms with E-state index in [1.165, 1.54) is 13.2 Å². The van der Waals surface area contributed by atoms with Crippen molar-refractivity contribution in [2.45, 2.75) is 64.7 Å². The molecule has 0 aliphatic carbocycles. The normalized spacial score (nSPS) is 22.1. The SMILES string of the molecule is COc1ccc(C[C@H]2NC(=O)/C=C\C[C@@H]([C@H](C)/C=C/c3ccccc3)OC(=O)[C@H](CC(C)C)OC(=O)CCNC2=O)cc1Cl. The van der Waals surface area contributed by atoms with E-state index in [4.69, 9.17) is 25.8 Å². The maximum atomic E-state index is 13.3. The van der Waals surface area contributed by atoms with Gasteiger partial charge in [0.05, 0.1) is 18.6 Å². The number of nitrogens with one attached hydrogen (secondary N) is 2. The van der Waals surface area contributed by atoms with Crippen LogP contribution in [0.1, 0.15) is 51.2 Å². The number of amides is 2. The third-order valence-corrected chi connectivity index (χ3v) is 7.32. The predicted octanol–water partition coefficient (Wildman–Crippen LogP) is 5.06. The first-order valence-corrected chi connectivity index (χ1v) is 15.1. The maximum Gasteiger partial charge on any atom is 0.347 e. The molecule has 0 radical (unpaired) electrons. The number of carbonyl (C=O) groups excluding carboxylic acids is 4. The van der Waals surface area contributed by atoms with Crippen molar-refractivity contribution in [2.24, 2.45) is 11.8 Å². The number of cyclic esters (lactones) is 2. The molecule has 0 saturated carbocycles. The minimum absolute atomic E-state index is 0.0450. The molecule has 1 aliphatic heterocycles. The molecule has 0 unspecified atom stereocenters. The van der Waals surface area contributed by atoms with E-state index in [1.54, 1.807) is 24.3 Å². The highest BCUT2D eigenvalue weighted by molar-refractivity contribution is 6.32. The van der Waals surface area contributed by atoms with E-state index >= 15 is 0 Å². The summed E-state index contributed by atoms with van der Waals surface area (Å²) in [6, 6.07) is 13.9. The zero-order chi connectivity index (χ0) is 32.1. The molecule has 10 heteroatoms. The summed E-state index contributed by atoms with van der Waals surface area (Å²) in [6.45, 7) is 5.70. The second kappa shape index (κ2) is 17.3. The minimum Gasteiger partial charge on any atom is -0.495 e. The number of ether oxygens (including phenoxy) is 3. The predicted molar refractivity (Wildman–Crippen MR) is 169 cm³/mol. The fraction of sp³-hybridized carbons (Fsp3) is 0.412. The quantitative estimate of drug-likeness (QED) is 0.394. The lowest BCUT2D eigenvalue weighted by atomic mass is 9.99. The lowest BCUT2D eigenvalue weighted by Crippen LogP contribution is -2.48. The average molecular weight is 625 g/mol. The van der Waals surface area contributed by atoms with Crippen LogP contribution in [0.5, 0.6) is 5.75 Å². The van der Waals surface area contributed by atoms with E-state index in [-0.39, 0.29) is 44.1 Å². The van der Waals surface area contributed by atoms with Crippen molar-refractivity contribution in [1.29, 1.82) is 0 Å². The molecule has 0 aromatic heterocycles. The fourth-order valence-corrected chi connectivity index (χ4v) is 4.89. The van der Waals surface area contributed by atoms with Gasteiger partial charge in [0.2, 0.25) is 11.8 Å². The standard InChI is InChI=1S/C34H41ClN2O7/c1-22(2)19-30-34(41)44-28(23(3)13-14-24-9-6-5-7-10-24)11-8-12-31(38)37-27(33(40)36-18-17-32(39)43-30)21-25-15-16-29(42-4)26(35)20-25/h5-10,12-16,20,22-23,27-28,30H,11,17-19,21H2,1-4H3,(H,36,40)(H,37,38)/b12-8-,14-13+/t23-,27-,28+,30+/m1/s1. The molecule has 0 saturated heterocycles. The van der Waals surface area contributed by atoms with Crippen LogP contribution in [0.15, 0.2) is 66.8 Å². The van der Waals surface area contributed by atoms with Gasteiger partial charge in [0.15, 0.2) is 6.10 Å². The summed E-state index contributed by atoms with van der Waals surface area (Å²) in [5.74, 6) is -1.96. The number of hydrogen-bond donors (Lipinski definition) is 2. The molecule has 0 bridgehead atoms. The van der Waals surface area contributed by atoms with Crippen LogP contribution in [-0.2, 0) is 35.1 Å². The molecule has 2 aromatic carbocycles. The van der Waals surface area contributed by atoms with Crippen LogP contribution in [0.3, 0.4) is 0 Å². The molecule has 4 atom stereocenters. The lowest BCUT2D eigenvalue weighted by molar-refractivity contribution is -0.173. The van der Waals surface area contributed by atoms with Gasteiger partial charge >= 0.3 is 11.9 Å². The van der Waals surface area contributed by atoms with Crippen molar-refractivity contribution in [3.63, 3.8) is 0 Å². The first-order chi connectivity index (χ1) is 21.0. The second-order valence-electron chi connectivity index (χ2n) is 11.1. The van der Waals surface area contributed by atoms with Crippen molar-refractivity contribution < 1.29 is 33.4 Å². The summed E-state index contributed by atoms with van der Waals surface area (Å²) < 4.78 is 16.6. The summed E-state index contributed by atoms with van der Waals surface area (Å²) in [6.07, 6.45) is 5.54. The molecule has 2 N–H and O–H groups in total. The molecule has 0 fully saturated rings. The zero-order valence-electron chi connectivity index (χ0n) is 25.6. The smallest absolute Gasteiger partial charge is 0.347 e. The van der Waals surface area contributed by atoms with Crippen LogP contribution in [0.25, 0.3) is 6.08 Å². The van der Waals surface area contributed by atoms with Gasteiger partial charge in [0.25, 0.3) is 0 Å². The number of methoxy groups -OCH3 is 1. The van der Waals surface area contributed by atoms with Gasteiger partial charge in [0, 0.05) is 25.3 Å². The Morgan fingerprint density at radius 3 is 2.48 bits per heavy atom. The summed E-state index contributed by atoms with van der Waals surface area (Å²) in [4.78, 5) is 52.0. The third kappa shape index (κ3) is 11.2. The summed E-state index contributed by atoms with van der Waals surface area (Å²) in [7, 11) is 1.50. The van der Waals surface area contributed by atoms with Gasteiger partial charge in [-0.2, -0.15) is 0 Å². The van der Waals surface area contributed by atoms with Crippen molar-refractivity contribution in [3.8, 4) is 5.75 Å². The van der Waals surface area contributed by atoms with Crippen molar-refractivity contribution >= 4 is 41.4 Å². The summed E-state index contributed by atoms with van der Waals surface area (Å²) in [5.41, 5.74) is 1.69. The Balaban J connectivity index is 1.86. The third-order valence-electron chi connectivity index (χ3n) is 7.02. The molecule has 0 spiro atoms. The highest BCUT2D eigenvalue weighted by Crippen LogP contribution is 2.25. The van der Waals surface area contributed by atoms with Gasteiger partial charge in [-0.05, 0) is 41.7 Å². The van der Waals surface area contributed by atoms with Crippen LogP contribution < -0.4 is 15.4 Å². The number of benzene rings is 2. The first kappa shape index (κ1) is 34.4. The van der Waals surface area contributed by atoms with Gasteiger partial charge in [-0.25, -0.2) is 4.79 Å². The lowest BCUT2D eigenvalue weighted by Gasteiger charge is -2.25. The Labute approximate surface area is 264 Å². The Kier molecular flexibility index (Phi) is 13.5. The molecule has 9 nitrogen and oxygen atoms in total. The zero-order valence-corrected chi connectivity index (χ0v) is 26.3. The number of rotatable bonds is 8. The topological polar surface area (TPSA) is 120 Å². The Hall–Kier alpha value is -4.11. The minimum atomic E-state index is -1.10. The van der Waals surface area contributed by atoms with Gasteiger partial charge in [-0.15, -0.1) is 0 Å². The number of halogens is 1. The van der Waals surface area contributed by atoms with Gasteiger partial charge < -0.3 is 24.8 Å². The van der Waals surface area contributed by atoms with E-state index in [0.29, 0.717) is 16.3 Å². The summed E-state index contributed by atoms with van der Waals surface area (Å²) >= 11 is 6.27. The number of carbonyl (C=O) groups is 4. The largest absolute Gasteiger partial charge is 0.495 e. The molecule has 236 valence electrons. The molecule has 1 aliphatic rings. The van der Waals surface area contributed by atoms with E-state index < -0.39 is 42.0 Å². The van der Waals surface area contributed by atoms with E-state index in [0.717, 1.165) is 5.56 Å². The molecular formula is C34H41ClN2O7. The first-order valence-electron chi connectivity index (χ1n) is 14.8. The number of hydrogen-bond acceptors (Lipinski definition) is 7. The van der Waals surface area contributed by atoms with E-state index in [9.17, 15) is 19.2 Å².